The van der Waals surface area contributed by atoms with Crippen LogP contribution in [0.2, 0.25) is 0 Å². The van der Waals surface area contributed by atoms with Gasteiger partial charge in [0.15, 0.2) is 5.82 Å². The summed E-state index contributed by atoms with van der Waals surface area (Å²) in [4.78, 5) is 4.47. The van der Waals surface area contributed by atoms with E-state index in [0.29, 0.717) is 18.3 Å². The van der Waals surface area contributed by atoms with Crippen molar-refractivity contribution >= 4 is 0 Å². The predicted molar refractivity (Wildman–Crippen MR) is 70.3 cm³/mol. The van der Waals surface area contributed by atoms with E-state index in [4.69, 9.17) is 10.3 Å². The van der Waals surface area contributed by atoms with Crippen molar-refractivity contribution in [3.8, 4) is 0 Å². The third-order valence-electron chi connectivity index (χ3n) is 3.27. The summed E-state index contributed by atoms with van der Waals surface area (Å²) in [7, 11) is 0. The van der Waals surface area contributed by atoms with Crippen molar-refractivity contribution in [2.75, 3.05) is 6.54 Å². The molecule has 1 aromatic heterocycles. The molecule has 2 rings (SSSR count). The predicted octanol–water partition coefficient (Wildman–Crippen LogP) is 2.46. The molecule has 1 unspecified atom stereocenters. The second-order valence-electron chi connectivity index (χ2n) is 5.08. The molecule has 2 N–H and O–H groups in total. The zero-order chi connectivity index (χ0) is 13.2. The van der Waals surface area contributed by atoms with Gasteiger partial charge in [-0.3, -0.25) is 0 Å². The van der Waals surface area contributed by atoms with E-state index in [1.807, 2.05) is 25.1 Å². The van der Waals surface area contributed by atoms with Gasteiger partial charge in [0.1, 0.15) is 0 Å². The maximum Gasteiger partial charge on any atom is 0.230 e. The molecule has 96 valence electrons. The zero-order valence-corrected chi connectivity index (χ0v) is 11.1. The molecule has 4 nitrogen and oxygen atoms in total. The summed E-state index contributed by atoms with van der Waals surface area (Å²) < 4.78 is 5.28. The molecule has 0 aliphatic carbocycles. The first-order valence-electron chi connectivity index (χ1n) is 6.15. The molecule has 0 aliphatic rings. The Morgan fingerprint density at radius 2 is 1.94 bits per heavy atom. The lowest BCUT2D eigenvalue weighted by Crippen LogP contribution is -2.21. The Kier molecular flexibility index (Phi) is 3.48. The van der Waals surface area contributed by atoms with E-state index in [-0.39, 0.29) is 11.3 Å². The summed E-state index contributed by atoms with van der Waals surface area (Å²) in [5, 5.41) is 4.09. The topological polar surface area (TPSA) is 64.9 Å². The van der Waals surface area contributed by atoms with E-state index < -0.39 is 0 Å². The van der Waals surface area contributed by atoms with Crippen LogP contribution in [0, 0.1) is 0 Å². The van der Waals surface area contributed by atoms with E-state index in [9.17, 15) is 0 Å². The Morgan fingerprint density at radius 3 is 2.56 bits per heavy atom. The number of nitrogens with two attached hydrogens (primary N) is 1. The lowest BCUT2D eigenvalue weighted by molar-refractivity contribution is 0.351. The normalized spacial score (nSPS) is 13.6. The van der Waals surface area contributed by atoms with E-state index in [1.165, 1.54) is 0 Å². The lowest BCUT2D eigenvalue weighted by Gasteiger charge is -2.20. The van der Waals surface area contributed by atoms with Crippen molar-refractivity contribution in [1.82, 2.24) is 10.1 Å². The molecule has 0 aliphatic heterocycles. The van der Waals surface area contributed by atoms with E-state index in [2.05, 4.69) is 36.1 Å². The molecule has 0 spiro atoms. The highest BCUT2D eigenvalue weighted by Gasteiger charge is 2.29. The van der Waals surface area contributed by atoms with E-state index in [1.54, 1.807) is 0 Å². The standard InChI is InChI=1S/C14H19N3O/c1-10(9-15)12-16-13(17-18-12)14(2,3)11-7-5-4-6-8-11/h4-8,10H,9,15H2,1-3H3. The molecule has 0 bridgehead atoms. The SMILES string of the molecule is CC(CN)c1nc(C(C)(C)c2ccccc2)no1. The van der Waals surface area contributed by atoms with Crippen LogP contribution in [0.4, 0.5) is 0 Å². The summed E-state index contributed by atoms with van der Waals surface area (Å²) in [5.41, 5.74) is 6.50. The van der Waals surface area contributed by atoms with Gasteiger partial charge in [0.05, 0.1) is 5.41 Å². The number of hydrogen-bond donors (Lipinski definition) is 1. The third kappa shape index (κ3) is 2.29. The van der Waals surface area contributed by atoms with E-state index in [0.717, 1.165) is 5.56 Å². The van der Waals surface area contributed by atoms with Gasteiger partial charge in [0.25, 0.3) is 0 Å². The minimum atomic E-state index is -0.267. The Morgan fingerprint density at radius 1 is 1.28 bits per heavy atom. The fourth-order valence-electron chi connectivity index (χ4n) is 1.77. The average molecular weight is 245 g/mol. The van der Waals surface area contributed by atoms with Gasteiger partial charge in [0.2, 0.25) is 5.89 Å². The number of nitrogens with zero attached hydrogens (tertiary/aromatic N) is 2. The number of hydrogen-bond acceptors (Lipinski definition) is 4. The number of rotatable bonds is 4. The zero-order valence-electron chi connectivity index (χ0n) is 11.1. The van der Waals surface area contributed by atoms with Crippen LogP contribution in [0.15, 0.2) is 34.9 Å². The van der Waals surface area contributed by atoms with Gasteiger partial charge in [-0.25, -0.2) is 0 Å². The van der Waals surface area contributed by atoms with Crippen LogP contribution in [0.25, 0.3) is 0 Å². The van der Waals surface area contributed by atoms with Crippen LogP contribution >= 0.6 is 0 Å². The molecule has 1 atom stereocenters. The summed E-state index contributed by atoms with van der Waals surface area (Å²) >= 11 is 0. The van der Waals surface area contributed by atoms with Crippen molar-refractivity contribution in [2.24, 2.45) is 5.73 Å². The van der Waals surface area contributed by atoms with Crippen LogP contribution < -0.4 is 5.73 Å². The first-order chi connectivity index (χ1) is 8.55. The fourth-order valence-corrected chi connectivity index (χ4v) is 1.77. The molecular weight excluding hydrogens is 226 g/mol. The maximum absolute atomic E-state index is 5.61. The van der Waals surface area contributed by atoms with Crippen molar-refractivity contribution in [3.05, 3.63) is 47.6 Å². The van der Waals surface area contributed by atoms with Crippen LogP contribution in [0.5, 0.6) is 0 Å². The molecule has 1 heterocycles. The average Bonchev–Trinajstić information content (AvgIpc) is 2.89. The van der Waals surface area contributed by atoms with Gasteiger partial charge in [-0.15, -0.1) is 0 Å². The lowest BCUT2D eigenvalue weighted by atomic mass is 9.84. The van der Waals surface area contributed by atoms with Crippen molar-refractivity contribution in [1.29, 1.82) is 0 Å². The summed E-state index contributed by atoms with van der Waals surface area (Å²) in [6, 6.07) is 10.2. The monoisotopic (exact) mass is 245 g/mol. The van der Waals surface area contributed by atoms with Gasteiger partial charge in [0, 0.05) is 12.5 Å². The van der Waals surface area contributed by atoms with Gasteiger partial charge < -0.3 is 10.3 Å². The van der Waals surface area contributed by atoms with Crippen LogP contribution in [-0.2, 0) is 5.41 Å². The largest absolute Gasteiger partial charge is 0.339 e. The molecule has 4 heteroatoms. The quantitative estimate of drug-likeness (QED) is 0.898. The minimum Gasteiger partial charge on any atom is -0.339 e. The maximum atomic E-state index is 5.61. The molecule has 1 aromatic carbocycles. The van der Waals surface area contributed by atoms with Gasteiger partial charge in [-0.1, -0.05) is 42.4 Å². The summed E-state index contributed by atoms with van der Waals surface area (Å²) in [6.45, 7) is 6.66. The molecule has 0 saturated heterocycles. The first kappa shape index (κ1) is 12.8. The fraction of sp³-hybridized carbons (Fsp3) is 0.429. The Bertz CT molecular complexity index is 505. The molecule has 0 fully saturated rings. The smallest absolute Gasteiger partial charge is 0.230 e. The van der Waals surface area contributed by atoms with Crippen LogP contribution in [-0.4, -0.2) is 16.7 Å². The van der Waals surface area contributed by atoms with E-state index >= 15 is 0 Å². The van der Waals surface area contributed by atoms with Crippen molar-refractivity contribution < 1.29 is 4.52 Å². The highest BCUT2D eigenvalue weighted by atomic mass is 16.5. The molecular formula is C14H19N3O. The Balaban J connectivity index is 2.33. The summed E-state index contributed by atoms with van der Waals surface area (Å²) in [5.74, 6) is 1.40. The Labute approximate surface area is 107 Å². The third-order valence-corrected chi connectivity index (χ3v) is 3.27. The Hall–Kier alpha value is -1.68. The highest BCUT2D eigenvalue weighted by molar-refractivity contribution is 5.30. The second kappa shape index (κ2) is 4.90. The van der Waals surface area contributed by atoms with Gasteiger partial charge in [-0.2, -0.15) is 4.98 Å². The molecule has 0 saturated carbocycles. The van der Waals surface area contributed by atoms with Crippen molar-refractivity contribution in [3.63, 3.8) is 0 Å². The molecule has 18 heavy (non-hydrogen) atoms. The van der Waals surface area contributed by atoms with Crippen LogP contribution in [0.1, 0.15) is 44.0 Å². The van der Waals surface area contributed by atoms with Crippen LogP contribution in [0.3, 0.4) is 0 Å². The second-order valence-corrected chi connectivity index (χ2v) is 5.08. The van der Waals surface area contributed by atoms with Crippen molar-refractivity contribution in [2.45, 2.75) is 32.1 Å². The summed E-state index contributed by atoms with van der Waals surface area (Å²) in [6.07, 6.45) is 0. The first-order valence-corrected chi connectivity index (χ1v) is 6.15. The van der Waals surface area contributed by atoms with Gasteiger partial charge in [-0.05, 0) is 19.4 Å². The van der Waals surface area contributed by atoms with Gasteiger partial charge >= 0.3 is 0 Å². The molecule has 2 aromatic rings. The minimum absolute atomic E-state index is 0.0952. The molecule has 0 radical (unpaired) electrons. The molecule has 0 amide bonds. The number of aromatic nitrogens is 2. The number of benzene rings is 1. The highest BCUT2D eigenvalue weighted by Crippen LogP contribution is 2.29.